The molecule has 0 amide bonds. The largest absolute Gasteiger partial charge is 0.486 e. The maximum Gasteiger partial charge on any atom is 0.215 e. The molecule has 1 heterocycles. The zero-order chi connectivity index (χ0) is 18.6. The summed E-state index contributed by atoms with van der Waals surface area (Å²) in [6.45, 7) is 3.54. The molecule has 0 aliphatic carbocycles. The lowest BCUT2D eigenvalue weighted by Crippen LogP contribution is -2.27. The Morgan fingerprint density at radius 3 is 2.62 bits per heavy atom. The van der Waals surface area contributed by atoms with Gasteiger partial charge in [0.2, 0.25) is 10.0 Å². The first-order valence-electron chi connectivity index (χ1n) is 8.55. The van der Waals surface area contributed by atoms with Gasteiger partial charge in [-0.2, -0.15) is 0 Å². The quantitative estimate of drug-likeness (QED) is 0.775. The number of hydrogen-bond acceptors (Lipinski definition) is 4. The van der Waals surface area contributed by atoms with Gasteiger partial charge in [-0.1, -0.05) is 42.8 Å². The van der Waals surface area contributed by atoms with Crippen molar-refractivity contribution in [2.24, 2.45) is 0 Å². The first kappa shape index (κ1) is 19.0. The SMILES string of the molecule is CC(CCNS(=O)(=O)Cc1ccccc1Cl)c1ccc2c(c1)OCCO2. The third kappa shape index (κ3) is 4.90. The molecule has 1 aliphatic rings. The number of nitrogens with one attached hydrogen (secondary N) is 1. The van der Waals surface area contributed by atoms with Crippen LogP contribution in [0.3, 0.4) is 0 Å². The zero-order valence-corrected chi connectivity index (χ0v) is 16.1. The highest BCUT2D eigenvalue weighted by Crippen LogP contribution is 2.33. The first-order chi connectivity index (χ1) is 12.4. The van der Waals surface area contributed by atoms with Crippen LogP contribution >= 0.6 is 11.6 Å². The van der Waals surface area contributed by atoms with Crippen molar-refractivity contribution >= 4 is 21.6 Å². The van der Waals surface area contributed by atoms with Crippen LogP contribution in [0.15, 0.2) is 42.5 Å². The molecular formula is C19H22ClNO4S. The van der Waals surface area contributed by atoms with Gasteiger partial charge in [-0.3, -0.25) is 0 Å². The molecule has 0 bridgehead atoms. The topological polar surface area (TPSA) is 64.6 Å². The average Bonchev–Trinajstić information content (AvgIpc) is 2.63. The van der Waals surface area contributed by atoms with Gasteiger partial charge < -0.3 is 9.47 Å². The van der Waals surface area contributed by atoms with Crippen LogP contribution in [0.4, 0.5) is 0 Å². The molecule has 1 aliphatic heterocycles. The fraction of sp³-hybridized carbons (Fsp3) is 0.368. The molecule has 26 heavy (non-hydrogen) atoms. The predicted octanol–water partition coefficient (Wildman–Crippen LogP) is 3.72. The third-order valence-corrected chi connectivity index (χ3v) is 6.04. The molecule has 3 rings (SSSR count). The van der Waals surface area contributed by atoms with Gasteiger partial charge in [-0.05, 0) is 41.7 Å². The van der Waals surface area contributed by atoms with Crippen LogP contribution in [-0.4, -0.2) is 28.2 Å². The molecule has 0 radical (unpaired) electrons. The van der Waals surface area contributed by atoms with Crippen LogP contribution in [0.5, 0.6) is 11.5 Å². The van der Waals surface area contributed by atoms with Crippen molar-refractivity contribution in [2.75, 3.05) is 19.8 Å². The minimum absolute atomic E-state index is 0.120. The maximum atomic E-state index is 12.3. The molecule has 2 aromatic carbocycles. The van der Waals surface area contributed by atoms with Crippen molar-refractivity contribution < 1.29 is 17.9 Å². The monoisotopic (exact) mass is 395 g/mol. The molecule has 2 aromatic rings. The van der Waals surface area contributed by atoms with E-state index < -0.39 is 10.0 Å². The molecule has 0 saturated carbocycles. The van der Waals surface area contributed by atoms with E-state index in [-0.39, 0.29) is 11.7 Å². The Morgan fingerprint density at radius 1 is 1.12 bits per heavy atom. The minimum atomic E-state index is -3.43. The van der Waals surface area contributed by atoms with E-state index in [4.69, 9.17) is 21.1 Å². The van der Waals surface area contributed by atoms with Gasteiger partial charge in [0, 0.05) is 11.6 Å². The van der Waals surface area contributed by atoms with Crippen molar-refractivity contribution in [1.82, 2.24) is 4.72 Å². The summed E-state index contributed by atoms with van der Waals surface area (Å²) in [7, 11) is -3.43. The molecule has 0 aromatic heterocycles. The van der Waals surface area contributed by atoms with E-state index in [0.717, 1.165) is 17.1 Å². The molecule has 7 heteroatoms. The normalized spacial score (nSPS) is 14.8. The molecule has 0 saturated heterocycles. The Hall–Kier alpha value is -1.76. The van der Waals surface area contributed by atoms with Gasteiger partial charge >= 0.3 is 0 Å². The Kier molecular flexibility index (Phi) is 6.06. The highest BCUT2D eigenvalue weighted by Gasteiger charge is 2.16. The van der Waals surface area contributed by atoms with Crippen LogP contribution in [0, 0.1) is 0 Å². The highest BCUT2D eigenvalue weighted by molar-refractivity contribution is 7.88. The van der Waals surface area contributed by atoms with Crippen molar-refractivity contribution in [3.8, 4) is 11.5 Å². The summed E-state index contributed by atoms with van der Waals surface area (Å²) in [6, 6.07) is 12.8. The van der Waals surface area contributed by atoms with Crippen molar-refractivity contribution in [1.29, 1.82) is 0 Å². The lowest BCUT2D eigenvalue weighted by atomic mass is 9.97. The summed E-state index contributed by atoms with van der Waals surface area (Å²) < 4.78 is 38.3. The lowest BCUT2D eigenvalue weighted by Gasteiger charge is -2.20. The number of fused-ring (bicyclic) bond motifs is 1. The second kappa shape index (κ2) is 8.29. The smallest absolute Gasteiger partial charge is 0.215 e. The van der Waals surface area contributed by atoms with E-state index in [2.05, 4.69) is 11.6 Å². The summed E-state index contributed by atoms with van der Waals surface area (Å²) in [6.07, 6.45) is 0.682. The summed E-state index contributed by atoms with van der Waals surface area (Å²) in [5.41, 5.74) is 1.70. The number of benzene rings is 2. The summed E-state index contributed by atoms with van der Waals surface area (Å²) in [5.74, 6) is 1.58. The van der Waals surface area contributed by atoms with Crippen LogP contribution < -0.4 is 14.2 Å². The van der Waals surface area contributed by atoms with E-state index in [9.17, 15) is 8.42 Å². The van der Waals surface area contributed by atoms with Crippen molar-refractivity contribution in [3.05, 3.63) is 58.6 Å². The van der Waals surface area contributed by atoms with Gasteiger partial charge in [-0.15, -0.1) is 0 Å². The van der Waals surface area contributed by atoms with Gasteiger partial charge in [-0.25, -0.2) is 13.1 Å². The number of hydrogen-bond donors (Lipinski definition) is 1. The van der Waals surface area contributed by atoms with Gasteiger partial charge in [0.15, 0.2) is 11.5 Å². The van der Waals surface area contributed by atoms with Crippen molar-refractivity contribution in [2.45, 2.75) is 25.0 Å². The standard InChI is InChI=1S/C19H22ClNO4S/c1-14(15-6-7-18-19(12-15)25-11-10-24-18)8-9-21-26(22,23)13-16-4-2-3-5-17(16)20/h2-7,12,14,21H,8-11,13H2,1H3. The van der Waals surface area contributed by atoms with Crippen LogP contribution in [0.2, 0.25) is 5.02 Å². The van der Waals surface area contributed by atoms with Crippen LogP contribution in [0.25, 0.3) is 0 Å². The highest BCUT2D eigenvalue weighted by atomic mass is 35.5. The van der Waals surface area contributed by atoms with Gasteiger partial charge in [0.25, 0.3) is 0 Å². The minimum Gasteiger partial charge on any atom is -0.486 e. The molecule has 5 nitrogen and oxygen atoms in total. The molecule has 0 fully saturated rings. The maximum absolute atomic E-state index is 12.3. The summed E-state index contributed by atoms with van der Waals surface area (Å²) in [5, 5.41) is 0.461. The summed E-state index contributed by atoms with van der Waals surface area (Å²) >= 11 is 6.04. The average molecular weight is 396 g/mol. The second-order valence-corrected chi connectivity index (χ2v) is 8.55. The second-order valence-electron chi connectivity index (χ2n) is 6.34. The lowest BCUT2D eigenvalue weighted by molar-refractivity contribution is 0.171. The third-order valence-electron chi connectivity index (χ3n) is 4.34. The summed E-state index contributed by atoms with van der Waals surface area (Å²) in [4.78, 5) is 0. The Morgan fingerprint density at radius 2 is 1.85 bits per heavy atom. The molecule has 140 valence electrons. The Bertz CT molecular complexity index is 870. The van der Waals surface area contributed by atoms with E-state index in [1.807, 2.05) is 18.2 Å². The Balaban J connectivity index is 1.54. The molecule has 0 spiro atoms. The van der Waals surface area contributed by atoms with Crippen LogP contribution in [-0.2, 0) is 15.8 Å². The predicted molar refractivity (Wildman–Crippen MR) is 103 cm³/mol. The van der Waals surface area contributed by atoms with Crippen molar-refractivity contribution in [3.63, 3.8) is 0 Å². The van der Waals surface area contributed by atoms with Crippen LogP contribution in [0.1, 0.15) is 30.4 Å². The number of ether oxygens (including phenoxy) is 2. The fourth-order valence-corrected chi connectivity index (χ4v) is 4.31. The number of halogens is 1. The molecule has 1 unspecified atom stereocenters. The first-order valence-corrected chi connectivity index (χ1v) is 10.6. The van der Waals surface area contributed by atoms with E-state index in [0.29, 0.717) is 36.8 Å². The zero-order valence-electron chi connectivity index (χ0n) is 14.6. The number of rotatable bonds is 7. The van der Waals surface area contributed by atoms with Gasteiger partial charge in [0.1, 0.15) is 13.2 Å². The van der Waals surface area contributed by atoms with Gasteiger partial charge in [0.05, 0.1) is 5.75 Å². The fourth-order valence-electron chi connectivity index (χ4n) is 2.84. The van der Waals surface area contributed by atoms with E-state index >= 15 is 0 Å². The molecule has 1 atom stereocenters. The molecular weight excluding hydrogens is 374 g/mol. The number of sulfonamides is 1. The van der Waals surface area contributed by atoms with E-state index in [1.165, 1.54) is 0 Å². The Labute approximate surface area is 159 Å². The molecule has 1 N–H and O–H groups in total. The van der Waals surface area contributed by atoms with E-state index in [1.54, 1.807) is 24.3 Å².